The molecule has 0 heterocycles. The van der Waals surface area contributed by atoms with Gasteiger partial charge in [0.05, 0.1) is 12.6 Å². The second kappa shape index (κ2) is 6.59. The monoisotopic (exact) mass is 276 g/mol. The van der Waals surface area contributed by atoms with Crippen LogP contribution in [0, 0.1) is 0 Å². The summed E-state index contributed by atoms with van der Waals surface area (Å²) in [5, 5.41) is 3.55. The molecule has 0 aromatic heterocycles. The number of nitrogens with zero attached hydrogens (tertiary/aromatic N) is 1. The maximum absolute atomic E-state index is 5.66. The quantitative estimate of drug-likeness (QED) is 0.863. The average Bonchev–Trinajstić information content (AvgIpc) is 2.91. The summed E-state index contributed by atoms with van der Waals surface area (Å²) in [6.07, 6.45) is 5.15. The van der Waals surface area contributed by atoms with Crippen molar-refractivity contribution < 1.29 is 4.74 Å². The van der Waals surface area contributed by atoms with Crippen LogP contribution in [-0.4, -0.2) is 38.2 Å². The Balaban J connectivity index is 2.33. The molecule has 3 heteroatoms. The third kappa shape index (κ3) is 2.84. The van der Waals surface area contributed by atoms with Crippen molar-refractivity contribution in [1.29, 1.82) is 0 Å². The summed E-state index contributed by atoms with van der Waals surface area (Å²) in [4.78, 5) is 2.41. The predicted molar refractivity (Wildman–Crippen MR) is 84.3 cm³/mol. The van der Waals surface area contributed by atoms with Gasteiger partial charge in [0.15, 0.2) is 0 Å². The molecule has 0 radical (unpaired) electrons. The minimum absolute atomic E-state index is 0.222. The van der Waals surface area contributed by atoms with Crippen LogP contribution in [-0.2, 0) is 0 Å². The average molecular weight is 276 g/mol. The standard InChI is InChI=1S/C17H28N2O/c1-5-20-15-10-8-9-14(13-15)16(18-2)17(19(3)4)11-6-7-12-17/h8-10,13,16,18H,5-7,11-12H2,1-4H3. The van der Waals surface area contributed by atoms with Gasteiger partial charge >= 0.3 is 0 Å². The molecular formula is C17H28N2O. The highest BCUT2D eigenvalue weighted by Gasteiger charge is 2.43. The van der Waals surface area contributed by atoms with Crippen LogP contribution >= 0.6 is 0 Å². The minimum Gasteiger partial charge on any atom is -0.494 e. The van der Waals surface area contributed by atoms with Crippen LogP contribution in [0.25, 0.3) is 0 Å². The summed E-state index contributed by atoms with van der Waals surface area (Å²) >= 11 is 0. The molecule has 1 N–H and O–H groups in total. The number of ether oxygens (including phenoxy) is 1. The number of nitrogens with one attached hydrogen (secondary N) is 1. The van der Waals surface area contributed by atoms with E-state index in [4.69, 9.17) is 4.74 Å². The van der Waals surface area contributed by atoms with Crippen molar-refractivity contribution in [2.45, 2.75) is 44.2 Å². The number of benzene rings is 1. The highest BCUT2D eigenvalue weighted by atomic mass is 16.5. The number of rotatable bonds is 6. The fourth-order valence-corrected chi connectivity index (χ4v) is 3.68. The Hall–Kier alpha value is -1.06. The molecule has 0 bridgehead atoms. The van der Waals surface area contributed by atoms with E-state index in [9.17, 15) is 0 Å². The first-order valence-electron chi connectivity index (χ1n) is 7.71. The van der Waals surface area contributed by atoms with Crippen LogP contribution < -0.4 is 10.1 Å². The Labute approximate surface area is 123 Å². The molecule has 0 aliphatic heterocycles. The van der Waals surface area contributed by atoms with Crippen LogP contribution in [0.4, 0.5) is 0 Å². The zero-order valence-corrected chi connectivity index (χ0v) is 13.3. The van der Waals surface area contributed by atoms with Crippen molar-refractivity contribution in [2.75, 3.05) is 27.7 Å². The maximum Gasteiger partial charge on any atom is 0.119 e. The number of hydrogen-bond donors (Lipinski definition) is 1. The minimum atomic E-state index is 0.222. The number of likely N-dealkylation sites (N-methyl/N-ethyl adjacent to an activating group) is 2. The molecule has 1 unspecified atom stereocenters. The molecule has 0 saturated heterocycles. The third-order valence-electron chi connectivity index (χ3n) is 4.69. The van der Waals surface area contributed by atoms with Gasteiger partial charge in [-0.3, -0.25) is 0 Å². The van der Waals surface area contributed by atoms with Crippen LogP contribution in [0.3, 0.4) is 0 Å². The molecule has 1 aromatic carbocycles. The second-order valence-corrected chi connectivity index (χ2v) is 5.93. The van der Waals surface area contributed by atoms with Gasteiger partial charge in [-0.15, -0.1) is 0 Å². The summed E-state index contributed by atoms with van der Waals surface area (Å²) in [5.41, 5.74) is 1.55. The van der Waals surface area contributed by atoms with Crippen molar-refractivity contribution in [3.63, 3.8) is 0 Å². The topological polar surface area (TPSA) is 24.5 Å². The van der Waals surface area contributed by atoms with Crippen LogP contribution in [0.2, 0.25) is 0 Å². The van der Waals surface area contributed by atoms with Crippen molar-refractivity contribution in [3.05, 3.63) is 29.8 Å². The van der Waals surface area contributed by atoms with Crippen molar-refractivity contribution in [1.82, 2.24) is 10.2 Å². The maximum atomic E-state index is 5.66. The Morgan fingerprint density at radius 3 is 2.55 bits per heavy atom. The molecule has 1 aliphatic carbocycles. The summed E-state index contributed by atoms with van der Waals surface area (Å²) in [7, 11) is 6.49. The highest BCUT2D eigenvalue weighted by molar-refractivity contribution is 5.33. The van der Waals surface area contributed by atoms with E-state index >= 15 is 0 Å². The summed E-state index contributed by atoms with van der Waals surface area (Å²) in [6.45, 7) is 2.74. The fraction of sp³-hybridized carbons (Fsp3) is 0.647. The molecule has 20 heavy (non-hydrogen) atoms. The third-order valence-corrected chi connectivity index (χ3v) is 4.69. The molecule has 2 rings (SSSR count). The first-order valence-corrected chi connectivity index (χ1v) is 7.71. The van der Waals surface area contributed by atoms with Crippen LogP contribution in [0.15, 0.2) is 24.3 Å². The molecule has 1 saturated carbocycles. The summed E-state index contributed by atoms with van der Waals surface area (Å²) < 4.78 is 5.66. The van der Waals surface area contributed by atoms with E-state index in [0.29, 0.717) is 12.6 Å². The Kier molecular flexibility index (Phi) is 5.06. The van der Waals surface area contributed by atoms with Crippen molar-refractivity contribution in [3.8, 4) is 5.75 Å². The van der Waals surface area contributed by atoms with Crippen molar-refractivity contribution >= 4 is 0 Å². The first-order chi connectivity index (χ1) is 9.64. The van der Waals surface area contributed by atoms with E-state index < -0.39 is 0 Å². The van der Waals surface area contributed by atoms with E-state index in [-0.39, 0.29) is 5.54 Å². The highest BCUT2D eigenvalue weighted by Crippen LogP contribution is 2.43. The van der Waals surface area contributed by atoms with Gasteiger partial charge in [0.2, 0.25) is 0 Å². The summed E-state index contributed by atoms with van der Waals surface area (Å²) in [5.74, 6) is 0.970. The van der Waals surface area contributed by atoms with Gasteiger partial charge < -0.3 is 15.0 Å². The largest absolute Gasteiger partial charge is 0.494 e. The zero-order chi connectivity index (χ0) is 14.6. The van der Waals surface area contributed by atoms with Gasteiger partial charge in [-0.2, -0.15) is 0 Å². The zero-order valence-electron chi connectivity index (χ0n) is 13.3. The van der Waals surface area contributed by atoms with Gasteiger partial charge in [0.25, 0.3) is 0 Å². The molecule has 112 valence electrons. The lowest BCUT2D eigenvalue weighted by molar-refractivity contribution is 0.108. The second-order valence-electron chi connectivity index (χ2n) is 5.93. The molecule has 0 amide bonds. The Morgan fingerprint density at radius 2 is 2.00 bits per heavy atom. The van der Waals surface area contributed by atoms with Crippen molar-refractivity contribution in [2.24, 2.45) is 0 Å². The molecule has 1 atom stereocenters. The lowest BCUT2D eigenvalue weighted by Gasteiger charge is -2.43. The van der Waals surface area contributed by atoms with Gasteiger partial charge in [0.1, 0.15) is 5.75 Å². The van der Waals surface area contributed by atoms with E-state index in [1.54, 1.807) is 0 Å². The molecule has 3 nitrogen and oxygen atoms in total. The van der Waals surface area contributed by atoms with E-state index in [0.717, 1.165) is 5.75 Å². The normalized spacial score (nSPS) is 19.2. The Morgan fingerprint density at radius 1 is 1.30 bits per heavy atom. The summed E-state index contributed by atoms with van der Waals surface area (Å²) in [6, 6.07) is 8.89. The van der Waals surface area contributed by atoms with Crippen LogP contribution in [0.1, 0.15) is 44.2 Å². The van der Waals surface area contributed by atoms with Gasteiger partial charge in [-0.05, 0) is 58.6 Å². The first kappa shape index (κ1) is 15.3. The smallest absolute Gasteiger partial charge is 0.119 e. The lowest BCUT2D eigenvalue weighted by atomic mass is 9.82. The van der Waals surface area contributed by atoms with E-state index in [1.165, 1.54) is 31.2 Å². The lowest BCUT2D eigenvalue weighted by Crippen LogP contribution is -2.51. The van der Waals surface area contributed by atoms with E-state index in [2.05, 4.69) is 49.6 Å². The molecule has 1 aliphatic rings. The van der Waals surface area contributed by atoms with Crippen LogP contribution in [0.5, 0.6) is 5.75 Å². The van der Waals surface area contributed by atoms with Gasteiger partial charge in [-0.1, -0.05) is 25.0 Å². The Bertz CT molecular complexity index is 425. The van der Waals surface area contributed by atoms with E-state index in [1.807, 2.05) is 13.0 Å². The van der Waals surface area contributed by atoms with Gasteiger partial charge in [0, 0.05) is 5.54 Å². The number of hydrogen-bond acceptors (Lipinski definition) is 3. The molecule has 0 spiro atoms. The predicted octanol–water partition coefficient (Wildman–Crippen LogP) is 3.22. The fourth-order valence-electron chi connectivity index (χ4n) is 3.68. The molecule has 1 fully saturated rings. The molecule has 1 aromatic rings. The molecular weight excluding hydrogens is 248 g/mol. The SMILES string of the molecule is CCOc1cccc(C(NC)C2(N(C)C)CCCC2)c1. The van der Waals surface area contributed by atoms with Gasteiger partial charge in [-0.25, -0.2) is 0 Å².